The molecule has 2 aromatic heterocycles. The SMILES string of the molecule is O=C(c1ccc(Cl)c(I)c1)N1CC=C(c2c[nH]c3ncccc23)CC1. The highest BCUT2D eigenvalue weighted by molar-refractivity contribution is 14.1. The van der Waals surface area contributed by atoms with E-state index in [-0.39, 0.29) is 5.91 Å². The quantitative estimate of drug-likeness (QED) is 0.558. The molecule has 0 unspecified atom stereocenters. The van der Waals surface area contributed by atoms with Gasteiger partial charge < -0.3 is 9.88 Å². The number of carbonyl (C=O) groups excluding carboxylic acids is 1. The lowest BCUT2D eigenvalue weighted by molar-refractivity contribution is 0.0773. The summed E-state index contributed by atoms with van der Waals surface area (Å²) in [7, 11) is 0. The van der Waals surface area contributed by atoms with E-state index in [1.54, 1.807) is 18.3 Å². The standard InChI is InChI=1S/C19H15ClIN3O/c20-16-4-3-13(10-17(16)21)19(25)24-8-5-12(6-9-24)15-11-23-18-14(15)2-1-7-22-18/h1-5,7,10-11H,6,8-9H2,(H,22,23). The molecule has 0 atom stereocenters. The molecule has 1 aromatic carbocycles. The summed E-state index contributed by atoms with van der Waals surface area (Å²) in [4.78, 5) is 22.1. The number of carbonyl (C=O) groups is 1. The molecule has 1 aliphatic rings. The second kappa shape index (κ2) is 6.80. The number of nitrogens with one attached hydrogen (secondary N) is 1. The monoisotopic (exact) mass is 463 g/mol. The number of H-pyrrole nitrogens is 1. The number of hydrogen-bond acceptors (Lipinski definition) is 2. The summed E-state index contributed by atoms with van der Waals surface area (Å²) in [6.45, 7) is 1.32. The fraction of sp³-hybridized carbons (Fsp3) is 0.158. The topological polar surface area (TPSA) is 49.0 Å². The minimum atomic E-state index is 0.0467. The Morgan fingerprint density at radius 3 is 2.96 bits per heavy atom. The fourth-order valence-electron chi connectivity index (χ4n) is 3.13. The highest BCUT2D eigenvalue weighted by Crippen LogP contribution is 2.29. The van der Waals surface area contributed by atoms with Gasteiger partial charge in [0.15, 0.2) is 0 Å². The van der Waals surface area contributed by atoms with Gasteiger partial charge in [-0.3, -0.25) is 4.79 Å². The van der Waals surface area contributed by atoms with Crippen LogP contribution in [0, 0.1) is 3.57 Å². The predicted octanol–water partition coefficient (Wildman–Crippen LogP) is 4.75. The van der Waals surface area contributed by atoms with E-state index in [0.29, 0.717) is 23.7 Å². The van der Waals surface area contributed by atoms with Crippen LogP contribution in [-0.2, 0) is 0 Å². The number of nitrogens with zero attached hydrogens (tertiary/aromatic N) is 2. The van der Waals surface area contributed by atoms with Gasteiger partial charge in [-0.05, 0) is 64.9 Å². The Morgan fingerprint density at radius 2 is 2.20 bits per heavy atom. The third-order valence-corrected chi connectivity index (χ3v) is 6.00. The van der Waals surface area contributed by atoms with E-state index in [4.69, 9.17) is 11.6 Å². The lowest BCUT2D eigenvalue weighted by Crippen LogP contribution is -2.34. The highest BCUT2D eigenvalue weighted by Gasteiger charge is 2.21. The van der Waals surface area contributed by atoms with Crippen molar-refractivity contribution < 1.29 is 4.79 Å². The molecule has 0 radical (unpaired) electrons. The van der Waals surface area contributed by atoms with Crippen molar-refractivity contribution in [3.05, 3.63) is 68.5 Å². The summed E-state index contributed by atoms with van der Waals surface area (Å²) >= 11 is 8.19. The molecular formula is C19H15ClIN3O. The molecule has 3 heterocycles. The van der Waals surface area contributed by atoms with Crippen molar-refractivity contribution in [1.82, 2.24) is 14.9 Å². The van der Waals surface area contributed by atoms with Crippen molar-refractivity contribution in [2.45, 2.75) is 6.42 Å². The Morgan fingerprint density at radius 1 is 1.32 bits per heavy atom. The molecule has 0 aliphatic carbocycles. The number of amides is 1. The summed E-state index contributed by atoms with van der Waals surface area (Å²) in [6.07, 6.45) is 6.75. The molecule has 25 heavy (non-hydrogen) atoms. The number of pyridine rings is 1. The number of aromatic nitrogens is 2. The van der Waals surface area contributed by atoms with E-state index in [1.807, 2.05) is 23.2 Å². The molecule has 4 rings (SSSR count). The summed E-state index contributed by atoms with van der Waals surface area (Å²) in [5, 5.41) is 1.80. The van der Waals surface area contributed by atoms with Crippen LogP contribution in [0.3, 0.4) is 0 Å². The zero-order chi connectivity index (χ0) is 17.4. The molecule has 1 amide bonds. The molecule has 126 valence electrons. The third-order valence-electron chi connectivity index (χ3n) is 4.46. The first-order valence-electron chi connectivity index (χ1n) is 7.99. The summed E-state index contributed by atoms with van der Waals surface area (Å²) in [5.41, 5.74) is 4.01. The normalized spacial score (nSPS) is 14.6. The van der Waals surface area contributed by atoms with E-state index < -0.39 is 0 Å². The van der Waals surface area contributed by atoms with Crippen LogP contribution >= 0.6 is 34.2 Å². The predicted molar refractivity (Wildman–Crippen MR) is 109 cm³/mol. The number of halogens is 2. The average molecular weight is 464 g/mol. The first kappa shape index (κ1) is 16.6. The third kappa shape index (κ3) is 3.18. The van der Waals surface area contributed by atoms with Gasteiger partial charge in [-0.15, -0.1) is 0 Å². The van der Waals surface area contributed by atoms with E-state index in [2.05, 4.69) is 44.7 Å². The number of aromatic amines is 1. The van der Waals surface area contributed by atoms with Crippen LogP contribution in [0.5, 0.6) is 0 Å². The first-order valence-corrected chi connectivity index (χ1v) is 9.45. The zero-order valence-electron chi connectivity index (χ0n) is 13.3. The number of benzene rings is 1. The molecule has 1 N–H and O–H groups in total. The van der Waals surface area contributed by atoms with Crippen molar-refractivity contribution in [1.29, 1.82) is 0 Å². The van der Waals surface area contributed by atoms with Crippen LogP contribution in [0.4, 0.5) is 0 Å². The molecule has 0 spiro atoms. The van der Waals surface area contributed by atoms with Crippen molar-refractivity contribution in [2.24, 2.45) is 0 Å². The van der Waals surface area contributed by atoms with Crippen LogP contribution in [0.2, 0.25) is 5.02 Å². The minimum Gasteiger partial charge on any atom is -0.346 e. The van der Waals surface area contributed by atoms with Gasteiger partial charge in [-0.2, -0.15) is 0 Å². The molecular weight excluding hydrogens is 449 g/mol. The van der Waals surface area contributed by atoms with Crippen LogP contribution in [0.15, 0.2) is 48.8 Å². The van der Waals surface area contributed by atoms with Gasteiger partial charge in [0.25, 0.3) is 5.91 Å². The van der Waals surface area contributed by atoms with Gasteiger partial charge in [0.05, 0.1) is 5.02 Å². The fourth-order valence-corrected chi connectivity index (χ4v) is 3.76. The molecule has 0 fully saturated rings. The molecule has 1 aliphatic heterocycles. The second-order valence-electron chi connectivity index (χ2n) is 5.96. The Labute approximate surface area is 164 Å². The Hall–Kier alpha value is -1.86. The van der Waals surface area contributed by atoms with E-state index in [1.165, 1.54) is 11.1 Å². The highest BCUT2D eigenvalue weighted by atomic mass is 127. The Kier molecular flexibility index (Phi) is 4.52. The Bertz CT molecular complexity index is 995. The van der Waals surface area contributed by atoms with Crippen LogP contribution in [0.1, 0.15) is 22.3 Å². The lowest BCUT2D eigenvalue weighted by Gasteiger charge is -2.26. The summed E-state index contributed by atoms with van der Waals surface area (Å²) < 4.78 is 0.893. The smallest absolute Gasteiger partial charge is 0.254 e. The van der Waals surface area contributed by atoms with Crippen LogP contribution < -0.4 is 0 Å². The van der Waals surface area contributed by atoms with Gasteiger partial charge in [-0.1, -0.05) is 17.7 Å². The van der Waals surface area contributed by atoms with Crippen molar-refractivity contribution in [3.8, 4) is 0 Å². The summed E-state index contributed by atoms with van der Waals surface area (Å²) in [6, 6.07) is 9.43. The van der Waals surface area contributed by atoms with Crippen molar-refractivity contribution >= 4 is 56.7 Å². The van der Waals surface area contributed by atoms with Gasteiger partial charge >= 0.3 is 0 Å². The number of hydrogen-bond donors (Lipinski definition) is 1. The van der Waals surface area contributed by atoms with E-state index >= 15 is 0 Å². The largest absolute Gasteiger partial charge is 0.346 e. The summed E-state index contributed by atoms with van der Waals surface area (Å²) in [5.74, 6) is 0.0467. The van der Waals surface area contributed by atoms with Gasteiger partial charge in [-0.25, -0.2) is 4.98 Å². The maximum Gasteiger partial charge on any atom is 0.254 e. The van der Waals surface area contributed by atoms with Gasteiger partial charge in [0.2, 0.25) is 0 Å². The number of fused-ring (bicyclic) bond motifs is 1. The second-order valence-corrected chi connectivity index (χ2v) is 7.53. The van der Waals surface area contributed by atoms with E-state index in [0.717, 1.165) is 21.0 Å². The minimum absolute atomic E-state index is 0.0467. The van der Waals surface area contributed by atoms with Crippen molar-refractivity contribution in [3.63, 3.8) is 0 Å². The van der Waals surface area contributed by atoms with Crippen molar-refractivity contribution in [2.75, 3.05) is 13.1 Å². The maximum absolute atomic E-state index is 12.7. The molecule has 0 saturated heterocycles. The Balaban J connectivity index is 1.55. The molecule has 0 saturated carbocycles. The lowest BCUT2D eigenvalue weighted by atomic mass is 9.99. The van der Waals surface area contributed by atoms with Crippen LogP contribution in [-0.4, -0.2) is 33.9 Å². The zero-order valence-corrected chi connectivity index (χ0v) is 16.2. The molecule has 3 aromatic rings. The van der Waals surface area contributed by atoms with E-state index in [9.17, 15) is 4.79 Å². The van der Waals surface area contributed by atoms with Crippen LogP contribution in [0.25, 0.3) is 16.6 Å². The maximum atomic E-state index is 12.7. The van der Waals surface area contributed by atoms with Gasteiger partial charge in [0, 0.05) is 45.6 Å². The van der Waals surface area contributed by atoms with Gasteiger partial charge in [0.1, 0.15) is 5.65 Å². The molecule has 6 heteroatoms. The molecule has 4 nitrogen and oxygen atoms in total. The molecule has 0 bridgehead atoms. The number of rotatable bonds is 2. The average Bonchev–Trinajstić information content (AvgIpc) is 3.08. The first-order chi connectivity index (χ1) is 12.1.